The number of carboxylic acid groups (broad SMARTS) is 1. The summed E-state index contributed by atoms with van der Waals surface area (Å²) in [5.74, 6) is -0.551. The maximum absolute atomic E-state index is 10.9. The lowest BCUT2D eigenvalue weighted by atomic mass is 10.2. The first-order valence-corrected chi connectivity index (χ1v) is 5.76. The van der Waals surface area contributed by atoms with E-state index in [0.717, 1.165) is 24.4 Å². The van der Waals surface area contributed by atoms with Crippen molar-refractivity contribution in [1.82, 2.24) is 14.9 Å². The summed E-state index contributed by atoms with van der Waals surface area (Å²) in [6.45, 7) is 0.364. The molecule has 1 fully saturated rings. The summed E-state index contributed by atoms with van der Waals surface area (Å²) < 4.78 is 4.19. The van der Waals surface area contributed by atoms with Crippen molar-refractivity contribution in [3.8, 4) is 0 Å². The van der Waals surface area contributed by atoms with Gasteiger partial charge in [0.25, 0.3) is 0 Å². The monoisotopic (exact) mass is 247 g/mol. The van der Waals surface area contributed by atoms with E-state index >= 15 is 0 Å². The number of halogens is 1. The highest BCUT2D eigenvalue weighted by Gasteiger charge is 2.35. The molecule has 5 nitrogen and oxygen atoms in total. The summed E-state index contributed by atoms with van der Waals surface area (Å²) >= 11 is 6.91. The van der Waals surface area contributed by atoms with Gasteiger partial charge in [0.05, 0.1) is 0 Å². The van der Waals surface area contributed by atoms with Crippen LogP contribution in [-0.4, -0.2) is 26.7 Å². The van der Waals surface area contributed by atoms with Gasteiger partial charge < -0.3 is 5.11 Å². The van der Waals surface area contributed by atoms with E-state index < -0.39 is 12.0 Å². The quantitative estimate of drug-likeness (QED) is 0.816. The standard InChI is InChI=1S/C8H10ClN3O2S/c9-7-5(11-12-15-7)3-10-6(8(13)14)4-1-2-4/h4,6,10H,1-3H2,(H,13,14). The van der Waals surface area contributed by atoms with Gasteiger partial charge in [0.1, 0.15) is 16.1 Å². The van der Waals surface area contributed by atoms with E-state index in [4.69, 9.17) is 16.7 Å². The maximum Gasteiger partial charge on any atom is 0.320 e. The highest BCUT2D eigenvalue weighted by molar-refractivity contribution is 7.10. The minimum absolute atomic E-state index is 0.257. The predicted molar refractivity (Wildman–Crippen MR) is 55.9 cm³/mol. The lowest BCUT2D eigenvalue weighted by molar-refractivity contribution is -0.140. The lowest BCUT2D eigenvalue weighted by Gasteiger charge is -2.11. The predicted octanol–water partition coefficient (Wildman–Crippen LogP) is 1.14. The molecule has 0 radical (unpaired) electrons. The molecule has 0 spiro atoms. The Morgan fingerprint density at radius 3 is 2.93 bits per heavy atom. The molecule has 2 N–H and O–H groups in total. The molecule has 15 heavy (non-hydrogen) atoms. The van der Waals surface area contributed by atoms with E-state index in [-0.39, 0.29) is 5.92 Å². The van der Waals surface area contributed by atoms with Crippen molar-refractivity contribution in [2.75, 3.05) is 0 Å². The molecule has 1 aromatic rings. The zero-order valence-corrected chi connectivity index (χ0v) is 9.38. The van der Waals surface area contributed by atoms with Gasteiger partial charge in [0, 0.05) is 18.1 Å². The van der Waals surface area contributed by atoms with E-state index in [2.05, 4.69) is 14.9 Å². The average Bonchev–Trinajstić information content (AvgIpc) is 2.92. The minimum Gasteiger partial charge on any atom is -0.480 e. The summed E-state index contributed by atoms with van der Waals surface area (Å²) in [6, 6.07) is -0.484. The third kappa shape index (κ3) is 2.64. The van der Waals surface area contributed by atoms with E-state index in [1.807, 2.05) is 0 Å². The van der Waals surface area contributed by atoms with Crippen LogP contribution < -0.4 is 5.32 Å². The van der Waals surface area contributed by atoms with Crippen LogP contribution in [0.2, 0.25) is 4.34 Å². The molecule has 1 aromatic heterocycles. The van der Waals surface area contributed by atoms with E-state index in [1.54, 1.807) is 0 Å². The molecule has 0 aliphatic heterocycles. The molecular formula is C8H10ClN3O2S. The smallest absolute Gasteiger partial charge is 0.320 e. The Hall–Kier alpha value is -0.720. The zero-order valence-electron chi connectivity index (χ0n) is 7.81. The highest BCUT2D eigenvalue weighted by Crippen LogP contribution is 2.33. The molecule has 1 heterocycles. The number of rotatable bonds is 5. The molecule has 1 unspecified atom stereocenters. The molecule has 0 amide bonds. The molecule has 2 rings (SSSR count). The van der Waals surface area contributed by atoms with Crippen LogP contribution in [-0.2, 0) is 11.3 Å². The van der Waals surface area contributed by atoms with Gasteiger partial charge in [0.2, 0.25) is 0 Å². The second-order valence-electron chi connectivity index (χ2n) is 3.53. The van der Waals surface area contributed by atoms with E-state index in [0.29, 0.717) is 16.6 Å². The first kappa shape index (κ1) is 10.8. The third-order valence-electron chi connectivity index (χ3n) is 2.36. The van der Waals surface area contributed by atoms with Crippen molar-refractivity contribution in [2.45, 2.75) is 25.4 Å². The maximum atomic E-state index is 10.9. The molecule has 1 atom stereocenters. The van der Waals surface area contributed by atoms with Crippen LogP contribution in [0, 0.1) is 5.92 Å². The van der Waals surface area contributed by atoms with Gasteiger partial charge in [-0.3, -0.25) is 10.1 Å². The molecule has 0 saturated heterocycles. The Labute approximate surface area is 95.6 Å². The number of hydrogen-bond acceptors (Lipinski definition) is 5. The molecular weight excluding hydrogens is 238 g/mol. The van der Waals surface area contributed by atoms with Gasteiger partial charge >= 0.3 is 5.97 Å². The SMILES string of the molecule is O=C(O)C(NCc1nnsc1Cl)C1CC1. The first-order valence-electron chi connectivity index (χ1n) is 4.61. The number of carboxylic acids is 1. The number of nitrogens with zero attached hydrogens (tertiary/aromatic N) is 2. The van der Waals surface area contributed by atoms with Gasteiger partial charge in [-0.25, -0.2) is 0 Å². The Balaban J connectivity index is 1.91. The van der Waals surface area contributed by atoms with Crippen LogP contribution in [0.3, 0.4) is 0 Å². The van der Waals surface area contributed by atoms with Crippen LogP contribution in [0.4, 0.5) is 0 Å². The van der Waals surface area contributed by atoms with Crippen molar-refractivity contribution in [3.63, 3.8) is 0 Å². The van der Waals surface area contributed by atoms with Crippen molar-refractivity contribution in [2.24, 2.45) is 5.92 Å². The number of hydrogen-bond donors (Lipinski definition) is 2. The second-order valence-corrected chi connectivity index (χ2v) is 4.88. The van der Waals surface area contributed by atoms with Crippen molar-refractivity contribution in [3.05, 3.63) is 10.0 Å². The number of aromatic nitrogens is 2. The van der Waals surface area contributed by atoms with Crippen LogP contribution in [0.25, 0.3) is 0 Å². The minimum atomic E-state index is -0.809. The van der Waals surface area contributed by atoms with E-state index in [9.17, 15) is 4.79 Å². The molecule has 0 aromatic carbocycles. The topological polar surface area (TPSA) is 75.1 Å². The summed E-state index contributed by atoms with van der Waals surface area (Å²) in [7, 11) is 0. The van der Waals surface area contributed by atoms with Crippen molar-refractivity contribution in [1.29, 1.82) is 0 Å². The van der Waals surface area contributed by atoms with Crippen LogP contribution in [0.1, 0.15) is 18.5 Å². The fourth-order valence-corrected chi connectivity index (χ4v) is 2.02. The fraction of sp³-hybridized carbons (Fsp3) is 0.625. The Morgan fingerprint density at radius 1 is 1.73 bits per heavy atom. The third-order valence-corrected chi connectivity index (χ3v) is 3.34. The second kappa shape index (κ2) is 4.42. The fourth-order valence-electron chi connectivity index (χ4n) is 1.39. The number of aliphatic carboxylic acids is 1. The largest absolute Gasteiger partial charge is 0.480 e. The van der Waals surface area contributed by atoms with Gasteiger partial charge in [-0.1, -0.05) is 16.1 Å². The molecule has 1 aliphatic rings. The number of carbonyl (C=O) groups is 1. The highest BCUT2D eigenvalue weighted by atomic mass is 35.5. The average molecular weight is 248 g/mol. The zero-order chi connectivity index (χ0) is 10.8. The van der Waals surface area contributed by atoms with Crippen molar-refractivity contribution < 1.29 is 9.90 Å². The first-order chi connectivity index (χ1) is 7.18. The number of nitrogens with one attached hydrogen (secondary N) is 1. The van der Waals surface area contributed by atoms with E-state index in [1.165, 1.54) is 0 Å². The summed E-state index contributed by atoms with van der Waals surface area (Å²) in [4.78, 5) is 10.9. The summed E-state index contributed by atoms with van der Waals surface area (Å²) in [6.07, 6.45) is 1.96. The molecule has 0 bridgehead atoms. The van der Waals surface area contributed by atoms with Gasteiger partial charge in [-0.05, 0) is 18.8 Å². The van der Waals surface area contributed by atoms with Crippen molar-refractivity contribution >= 4 is 29.1 Å². The van der Waals surface area contributed by atoms with Gasteiger partial charge in [0.15, 0.2) is 0 Å². The van der Waals surface area contributed by atoms with Crippen LogP contribution in [0.5, 0.6) is 0 Å². The molecule has 1 aliphatic carbocycles. The van der Waals surface area contributed by atoms with Crippen LogP contribution >= 0.6 is 23.1 Å². The Morgan fingerprint density at radius 2 is 2.47 bits per heavy atom. The lowest BCUT2D eigenvalue weighted by Crippen LogP contribution is -2.38. The van der Waals surface area contributed by atoms with Gasteiger partial charge in [-0.2, -0.15) is 0 Å². The Bertz CT molecular complexity index is 367. The molecule has 82 valence electrons. The summed E-state index contributed by atoms with van der Waals surface area (Å²) in [5.41, 5.74) is 0.619. The van der Waals surface area contributed by atoms with Gasteiger partial charge in [-0.15, -0.1) is 5.10 Å². The summed E-state index contributed by atoms with van der Waals surface area (Å²) in [5, 5.41) is 15.7. The molecule has 7 heteroatoms. The Kier molecular flexibility index (Phi) is 3.18. The normalized spacial score (nSPS) is 17.7. The van der Waals surface area contributed by atoms with Crippen LogP contribution in [0.15, 0.2) is 0 Å². The molecule has 1 saturated carbocycles.